The summed E-state index contributed by atoms with van der Waals surface area (Å²) in [5.41, 5.74) is 6.16. The van der Waals surface area contributed by atoms with Crippen molar-refractivity contribution >= 4 is 37.8 Å². The quantitative estimate of drug-likeness (QED) is 0.330. The molecule has 2 aromatic carbocycles. The largest absolute Gasteiger partial charge is 0.370 e. The topological polar surface area (TPSA) is 102 Å². The van der Waals surface area contributed by atoms with Crippen LogP contribution in [0.1, 0.15) is 31.2 Å². The first-order valence-electron chi connectivity index (χ1n) is 13.5. The fraction of sp³-hybridized carbons (Fsp3) is 0.300. The van der Waals surface area contributed by atoms with Crippen LogP contribution >= 0.6 is 0 Å². The van der Waals surface area contributed by atoms with Gasteiger partial charge >= 0.3 is 5.69 Å². The number of imidazole rings is 1. The highest BCUT2D eigenvalue weighted by Gasteiger charge is 2.26. The maximum Gasteiger partial charge on any atom is 0.333 e. The number of anilines is 1. The summed E-state index contributed by atoms with van der Waals surface area (Å²) in [5, 5.41) is 4.11. The highest BCUT2D eigenvalue weighted by molar-refractivity contribution is 7.88. The van der Waals surface area contributed by atoms with Gasteiger partial charge in [0.25, 0.3) is 0 Å². The van der Waals surface area contributed by atoms with Crippen molar-refractivity contribution in [1.82, 2.24) is 23.4 Å². The van der Waals surface area contributed by atoms with Crippen LogP contribution < -0.4 is 11.0 Å². The molecule has 6 rings (SSSR count). The lowest BCUT2D eigenvalue weighted by molar-refractivity contribution is 0.321. The smallest absolute Gasteiger partial charge is 0.333 e. The molecule has 0 radical (unpaired) electrons. The number of hydrogen-bond donors (Lipinski definition) is 1. The minimum absolute atomic E-state index is 0.138. The second-order valence-corrected chi connectivity index (χ2v) is 12.4. The molecule has 40 heavy (non-hydrogen) atoms. The third kappa shape index (κ3) is 4.67. The highest BCUT2D eigenvalue weighted by Crippen LogP contribution is 2.32. The zero-order valence-electron chi connectivity index (χ0n) is 22.8. The van der Waals surface area contributed by atoms with Gasteiger partial charge in [0.15, 0.2) is 0 Å². The number of aryl methyl sites for hydroxylation is 1. The molecule has 0 spiro atoms. The number of sulfonamides is 1. The van der Waals surface area contributed by atoms with E-state index in [1.165, 1.54) is 6.26 Å². The number of pyridine rings is 2. The molecule has 0 aliphatic carbocycles. The number of nitrogens with zero attached hydrogens (tertiary/aromatic N) is 5. The van der Waals surface area contributed by atoms with Gasteiger partial charge in [-0.3, -0.25) is 14.1 Å². The molecule has 1 fully saturated rings. The van der Waals surface area contributed by atoms with Crippen LogP contribution in [0.5, 0.6) is 0 Å². The molecule has 9 nitrogen and oxygen atoms in total. The Labute approximate surface area is 233 Å². The maximum absolute atomic E-state index is 13.5. The summed E-state index contributed by atoms with van der Waals surface area (Å²) < 4.78 is 28.7. The van der Waals surface area contributed by atoms with Gasteiger partial charge in [0.05, 0.1) is 34.7 Å². The number of rotatable bonds is 6. The molecule has 3 aromatic heterocycles. The van der Waals surface area contributed by atoms with Gasteiger partial charge in [-0.25, -0.2) is 22.5 Å². The first kappa shape index (κ1) is 26.2. The zero-order chi connectivity index (χ0) is 28.0. The molecule has 1 aliphatic rings. The average molecular weight is 557 g/mol. The standard InChI is InChI=1S/C30H32N6O3S/c1-4-31-28-12-8-23(18-33-28)22-7-11-26-25(17-22)29-27(19-32-26)34(2)30(37)36(29)24-9-5-20(6-10-24)21-13-15-35(16-14-21)40(3,38)39/h5-12,17-19,21H,4,13-16H2,1-3H3,(H,31,33). The van der Waals surface area contributed by atoms with Crippen molar-refractivity contribution < 1.29 is 8.42 Å². The van der Waals surface area contributed by atoms with Gasteiger partial charge in [-0.1, -0.05) is 18.2 Å². The Morgan fingerprint density at radius 3 is 2.33 bits per heavy atom. The van der Waals surface area contributed by atoms with E-state index in [1.54, 1.807) is 26.7 Å². The minimum Gasteiger partial charge on any atom is -0.370 e. The van der Waals surface area contributed by atoms with Crippen LogP contribution in [-0.2, 0) is 17.1 Å². The van der Waals surface area contributed by atoms with E-state index in [2.05, 4.69) is 33.5 Å². The number of fused-ring (bicyclic) bond motifs is 3. The predicted octanol–water partition coefficient (Wildman–Crippen LogP) is 4.51. The molecule has 4 heterocycles. The SMILES string of the molecule is CCNc1ccc(-c2ccc3ncc4c(c3c2)n(-c2ccc(C3CCN(S(C)(=O)=O)CC3)cc2)c(=O)n4C)cn1. The van der Waals surface area contributed by atoms with Crippen molar-refractivity contribution in [2.45, 2.75) is 25.7 Å². The van der Waals surface area contributed by atoms with Gasteiger partial charge in [0, 0.05) is 43.8 Å². The van der Waals surface area contributed by atoms with Crippen molar-refractivity contribution in [3.8, 4) is 16.8 Å². The van der Waals surface area contributed by atoms with Gasteiger partial charge in [0.1, 0.15) is 5.82 Å². The Bertz CT molecular complexity index is 1870. The highest BCUT2D eigenvalue weighted by atomic mass is 32.2. The molecular formula is C30H32N6O3S. The molecule has 0 atom stereocenters. The third-order valence-corrected chi connectivity index (χ3v) is 9.19. The van der Waals surface area contributed by atoms with Gasteiger partial charge in [-0.15, -0.1) is 0 Å². The van der Waals surface area contributed by atoms with Crippen LogP contribution in [0.2, 0.25) is 0 Å². The van der Waals surface area contributed by atoms with E-state index in [0.29, 0.717) is 13.1 Å². The molecular weight excluding hydrogens is 524 g/mol. The summed E-state index contributed by atoms with van der Waals surface area (Å²) >= 11 is 0. The van der Waals surface area contributed by atoms with Crippen LogP contribution in [0.4, 0.5) is 5.82 Å². The lowest BCUT2D eigenvalue weighted by atomic mass is 9.90. The Morgan fingerprint density at radius 1 is 0.950 bits per heavy atom. The second kappa shape index (κ2) is 10.2. The molecule has 0 saturated carbocycles. The molecule has 1 saturated heterocycles. The molecule has 10 heteroatoms. The number of aromatic nitrogens is 4. The van der Waals surface area contributed by atoms with Crippen LogP contribution in [0.15, 0.2) is 71.8 Å². The molecule has 0 amide bonds. The van der Waals surface area contributed by atoms with Crippen molar-refractivity contribution in [1.29, 1.82) is 0 Å². The van der Waals surface area contributed by atoms with E-state index in [9.17, 15) is 13.2 Å². The zero-order valence-corrected chi connectivity index (χ0v) is 23.6. The maximum atomic E-state index is 13.5. The van der Waals surface area contributed by atoms with Crippen molar-refractivity contribution in [3.63, 3.8) is 0 Å². The van der Waals surface area contributed by atoms with Crippen molar-refractivity contribution in [3.05, 3.63) is 83.0 Å². The lowest BCUT2D eigenvalue weighted by Gasteiger charge is -2.30. The summed E-state index contributed by atoms with van der Waals surface area (Å²) in [6, 6.07) is 18.2. The van der Waals surface area contributed by atoms with Crippen LogP contribution in [-0.4, -0.2) is 57.7 Å². The average Bonchev–Trinajstić information content (AvgIpc) is 3.23. The molecule has 0 bridgehead atoms. The van der Waals surface area contributed by atoms with E-state index in [-0.39, 0.29) is 11.6 Å². The van der Waals surface area contributed by atoms with E-state index in [4.69, 9.17) is 0 Å². The van der Waals surface area contributed by atoms with Gasteiger partial charge in [-0.05, 0) is 73.2 Å². The lowest BCUT2D eigenvalue weighted by Crippen LogP contribution is -2.37. The summed E-state index contributed by atoms with van der Waals surface area (Å²) in [4.78, 5) is 22.7. The first-order valence-corrected chi connectivity index (χ1v) is 15.4. The van der Waals surface area contributed by atoms with Crippen molar-refractivity contribution in [2.75, 3.05) is 31.2 Å². The molecule has 1 aliphatic heterocycles. The second-order valence-electron chi connectivity index (χ2n) is 10.4. The van der Waals surface area contributed by atoms with Gasteiger partial charge in [-0.2, -0.15) is 0 Å². The monoisotopic (exact) mass is 556 g/mol. The molecule has 206 valence electrons. The summed E-state index contributed by atoms with van der Waals surface area (Å²) in [7, 11) is -1.39. The third-order valence-electron chi connectivity index (χ3n) is 7.88. The minimum atomic E-state index is -3.16. The fourth-order valence-electron chi connectivity index (χ4n) is 5.68. The van der Waals surface area contributed by atoms with E-state index in [1.807, 2.05) is 49.5 Å². The van der Waals surface area contributed by atoms with Crippen molar-refractivity contribution in [2.24, 2.45) is 7.05 Å². The summed E-state index contributed by atoms with van der Waals surface area (Å²) in [5.74, 6) is 1.12. The Morgan fingerprint density at radius 2 is 1.68 bits per heavy atom. The molecule has 1 N–H and O–H groups in total. The number of hydrogen-bond acceptors (Lipinski definition) is 6. The molecule has 5 aromatic rings. The molecule has 0 unspecified atom stereocenters. The number of benzene rings is 2. The van der Waals surface area contributed by atoms with Crippen LogP contribution in [0, 0.1) is 0 Å². The van der Waals surface area contributed by atoms with Crippen LogP contribution in [0.3, 0.4) is 0 Å². The Kier molecular flexibility index (Phi) is 6.67. The summed E-state index contributed by atoms with van der Waals surface area (Å²) in [6.45, 7) is 3.90. The predicted molar refractivity (Wildman–Crippen MR) is 160 cm³/mol. The van der Waals surface area contributed by atoms with Crippen LogP contribution in [0.25, 0.3) is 38.8 Å². The van der Waals surface area contributed by atoms with E-state index in [0.717, 1.165) is 69.5 Å². The van der Waals surface area contributed by atoms with E-state index >= 15 is 0 Å². The number of nitrogens with one attached hydrogen (secondary N) is 1. The fourth-order valence-corrected chi connectivity index (χ4v) is 6.56. The van der Waals surface area contributed by atoms with E-state index < -0.39 is 10.0 Å². The number of piperidine rings is 1. The van der Waals surface area contributed by atoms with Gasteiger partial charge < -0.3 is 5.32 Å². The first-order chi connectivity index (χ1) is 19.2. The normalized spacial score (nSPS) is 15.2. The summed E-state index contributed by atoms with van der Waals surface area (Å²) in [6.07, 6.45) is 6.44. The van der Waals surface area contributed by atoms with Gasteiger partial charge in [0.2, 0.25) is 10.0 Å². The Hall–Kier alpha value is -4.02. The Balaban J connectivity index is 1.40.